The first-order chi connectivity index (χ1) is 11.3. The maximum Gasteiger partial charge on any atom is 0.495 e. The van der Waals surface area contributed by atoms with Crippen LogP contribution in [0.15, 0.2) is 48.5 Å². The van der Waals surface area contributed by atoms with Gasteiger partial charge in [-0.3, -0.25) is 0 Å². The molecule has 0 amide bonds. The van der Waals surface area contributed by atoms with E-state index < -0.39 is 18.3 Å². The molecular formula is C19H22BFO3. The average molecular weight is 328 g/mol. The summed E-state index contributed by atoms with van der Waals surface area (Å²) >= 11 is 0. The number of benzene rings is 2. The van der Waals surface area contributed by atoms with Crippen LogP contribution < -0.4 is 10.2 Å². The van der Waals surface area contributed by atoms with Crippen molar-refractivity contribution in [3.05, 3.63) is 59.9 Å². The highest BCUT2D eigenvalue weighted by atomic mass is 19.1. The molecular weight excluding hydrogens is 306 g/mol. The molecule has 1 aliphatic heterocycles. The normalized spacial score (nSPS) is 18.6. The average Bonchev–Trinajstić information content (AvgIpc) is 2.74. The smallest absolute Gasteiger partial charge is 0.489 e. The Morgan fingerprint density at radius 1 is 0.958 bits per heavy atom. The van der Waals surface area contributed by atoms with Gasteiger partial charge in [0.1, 0.15) is 18.2 Å². The van der Waals surface area contributed by atoms with E-state index in [4.69, 9.17) is 14.0 Å². The van der Waals surface area contributed by atoms with Crippen LogP contribution in [0.2, 0.25) is 0 Å². The van der Waals surface area contributed by atoms with Crippen LogP contribution >= 0.6 is 0 Å². The number of hydrogen-bond acceptors (Lipinski definition) is 3. The largest absolute Gasteiger partial charge is 0.495 e. The molecule has 2 aromatic rings. The zero-order valence-electron chi connectivity index (χ0n) is 14.5. The summed E-state index contributed by atoms with van der Waals surface area (Å²) in [5.41, 5.74) is 1.11. The minimum absolute atomic E-state index is 0.313. The summed E-state index contributed by atoms with van der Waals surface area (Å²) in [5, 5.41) is 0. The Labute approximate surface area is 142 Å². The third kappa shape index (κ3) is 3.33. The van der Waals surface area contributed by atoms with Crippen molar-refractivity contribution >= 4 is 12.6 Å². The van der Waals surface area contributed by atoms with Crippen molar-refractivity contribution in [2.24, 2.45) is 0 Å². The topological polar surface area (TPSA) is 27.7 Å². The summed E-state index contributed by atoms with van der Waals surface area (Å²) in [6, 6.07) is 14.0. The van der Waals surface area contributed by atoms with Gasteiger partial charge in [0.2, 0.25) is 0 Å². The highest BCUT2D eigenvalue weighted by Gasteiger charge is 2.52. The van der Waals surface area contributed by atoms with Crippen LogP contribution in [-0.2, 0) is 15.9 Å². The minimum atomic E-state index is -0.442. The highest BCUT2D eigenvalue weighted by Crippen LogP contribution is 2.36. The molecule has 1 heterocycles. The van der Waals surface area contributed by atoms with E-state index in [1.165, 1.54) is 12.1 Å². The van der Waals surface area contributed by atoms with Gasteiger partial charge in [-0.25, -0.2) is 4.39 Å². The first-order valence-corrected chi connectivity index (χ1v) is 8.10. The second-order valence-electron chi connectivity index (χ2n) is 7.03. The molecule has 0 spiro atoms. The van der Waals surface area contributed by atoms with Gasteiger partial charge >= 0.3 is 7.12 Å². The maximum atomic E-state index is 13.3. The Morgan fingerprint density at radius 2 is 1.62 bits per heavy atom. The van der Waals surface area contributed by atoms with E-state index in [0.29, 0.717) is 12.4 Å². The molecule has 24 heavy (non-hydrogen) atoms. The maximum absolute atomic E-state index is 13.3. The van der Waals surface area contributed by atoms with Gasteiger partial charge < -0.3 is 14.0 Å². The van der Waals surface area contributed by atoms with Crippen molar-refractivity contribution in [3.63, 3.8) is 0 Å². The molecule has 0 bridgehead atoms. The van der Waals surface area contributed by atoms with E-state index >= 15 is 0 Å². The lowest BCUT2D eigenvalue weighted by atomic mass is 9.76. The van der Waals surface area contributed by atoms with Gasteiger partial charge in [0.25, 0.3) is 0 Å². The molecule has 1 saturated heterocycles. The molecule has 0 aliphatic carbocycles. The molecule has 0 saturated carbocycles. The van der Waals surface area contributed by atoms with Crippen LogP contribution in [0.5, 0.6) is 5.75 Å². The number of halogens is 1. The van der Waals surface area contributed by atoms with Crippen LogP contribution in [0.1, 0.15) is 33.3 Å². The zero-order chi connectivity index (χ0) is 17.4. The lowest BCUT2D eigenvalue weighted by Crippen LogP contribution is -2.41. The fourth-order valence-corrected chi connectivity index (χ4v) is 2.58. The summed E-state index contributed by atoms with van der Waals surface area (Å²) in [6.45, 7) is 8.43. The molecule has 0 aromatic heterocycles. The zero-order valence-corrected chi connectivity index (χ0v) is 14.5. The van der Waals surface area contributed by atoms with Crippen molar-refractivity contribution in [2.45, 2.75) is 45.5 Å². The van der Waals surface area contributed by atoms with Gasteiger partial charge in [-0.1, -0.05) is 30.3 Å². The molecule has 3 nitrogen and oxygen atoms in total. The summed E-state index contributed by atoms with van der Waals surface area (Å²) in [4.78, 5) is 0. The summed E-state index contributed by atoms with van der Waals surface area (Å²) in [5.74, 6) is 0.186. The summed E-state index contributed by atoms with van der Waals surface area (Å²) in [7, 11) is -0.442. The molecule has 5 heteroatoms. The van der Waals surface area contributed by atoms with Gasteiger partial charge in [-0.2, -0.15) is 0 Å². The molecule has 0 N–H and O–H groups in total. The van der Waals surface area contributed by atoms with Gasteiger partial charge in [-0.05, 0) is 50.9 Å². The van der Waals surface area contributed by atoms with Crippen LogP contribution in [0.4, 0.5) is 4.39 Å². The van der Waals surface area contributed by atoms with E-state index in [1.807, 2.05) is 52.0 Å². The highest BCUT2D eigenvalue weighted by molar-refractivity contribution is 6.62. The predicted octanol–water partition coefficient (Wildman–Crippen LogP) is 3.70. The molecule has 1 aliphatic rings. The molecule has 0 unspecified atom stereocenters. The van der Waals surface area contributed by atoms with Crippen molar-refractivity contribution in [1.29, 1.82) is 0 Å². The van der Waals surface area contributed by atoms with Gasteiger partial charge in [-0.15, -0.1) is 0 Å². The second kappa shape index (κ2) is 6.23. The number of ether oxygens (including phenoxy) is 1. The predicted molar refractivity (Wildman–Crippen MR) is 92.9 cm³/mol. The second-order valence-corrected chi connectivity index (χ2v) is 7.03. The third-order valence-electron chi connectivity index (χ3n) is 4.75. The van der Waals surface area contributed by atoms with Crippen molar-refractivity contribution in [1.82, 2.24) is 0 Å². The Kier molecular flexibility index (Phi) is 4.41. The Morgan fingerprint density at radius 3 is 2.29 bits per heavy atom. The van der Waals surface area contributed by atoms with Crippen LogP contribution in [0.25, 0.3) is 0 Å². The van der Waals surface area contributed by atoms with Gasteiger partial charge in [0.15, 0.2) is 0 Å². The summed E-state index contributed by atoms with van der Waals surface area (Å²) in [6.07, 6.45) is 0. The Balaban J connectivity index is 1.79. The fraction of sp³-hybridized carbons (Fsp3) is 0.368. The molecule has 0 atom stereocenters. The summed E-state index contributed by atoms with van der Waals surface area (Å²) < 4.78 is 31.2. The number of rotatable bonds is 4. The quantitative estimate of drug-likeness (QED) is 0.801. The minimum Gasteiger partial charge on any atom is -0.489 e. The van der Waals surface area contributed by atoms with Crippen molar-refractivity contribution in [2.75, 3.05) is 0 Å². The van der Waals surface area contributed by atoms with E-state index in [2.05, 4.69) is 0 Å². The van der Waals surface area contributed by atoms with Crippen LogP contribution in [0.3, 0.4) is 0 Å². The Bertz CT molecular complexity index is 714. The van der Waals surface area contributed by atoms with E-state index in [9.17, 15) is 4.39 Å². The van der Waals surface area contributed by atoms with E-state index in [1.54, 1.807) is 12.1 Å². The standard InChI is InChI=1S/C19H22BFO3/c1-18(2)19(3,4)24-20(23-18)17-11-6-5-8-14(17)13-22-16-10-7-9-15(21)12-16/h5-12H,13H2,1-4H3. The van der Waals surface area contributed by atoms with Crippen LogP contribution in [0, 0.1) is 5.82 Å². The van der Waals surface area contributed by atoms with E-state index in [0.717, 1.165) is 11.0 Å². The van der Waals surface area contributed by atoms with Crippen molar-refractivity contribution < 1.29 is 18.4 Å². The molecule has 1 fully saturated rings. The fourth-order valence-electron chi connectivity index (χ4n) is 2.58. The Hall–Kier alpha value is -1.85. The SMILES string of the molecule is CC1(C)OB(c2ccccc2COc2cccc(F)c2)OC1(C)C. The number of hydrogen-bond donors (Lipinski definition) is 0. The first-order valence-electron chi connectivity index (χ1n) is 8.10. The third-order valence-corrected chi connectivity index (χ3v) is 4.75. The van der Waals surface area contributed by atoms with Crippen LogP contribution in [-0.4, -0.2) is 18.3 Å². The first kappa shape index (κ1) is 17.0. The van der Waals surface area contributed by atoms with E-state index in [-0.39, 0.29) is 5.82 Å². The van der Waals surface area contributed by atoms with Gasteiger partial charge in [0.05, 0.1) is 11.2 Å². The van der Waals surface area contributed by atoms with Gasteiger partial charge in [0, 0.05) is 6.07 Å². The van der Waals surface area contributed by atoms with Crippen molar-refractivity contribution in [3.8, 4) is 5.75 Å². The molecule has 126 valence electrons. The lowest BCUT2D eigenvalue weighted by Gasteiger charge is -2.32. The monoisotopic (exact) mass is 328 g/mol. The lowest BCUT2D eigenvalue weighted by molar-refractivity contribution is 0.00578. The molecule has 2 aromatic carbocycles. The molecule has 0 radical (unpaired) electrons. The molecule has 3 rings (SSSR count).